The molecular weight excluding hydrogens is 194 g/mol. The van der Waals surface area contributed by atoms with Gasteiger partial charge in [0, 0.05) is 25.9 Å². The summed E-state index contributed by atoms with van der Waals surface area (Å²) >= 11 is 0. The maximum Gasteiger partial charge on any atom is 0.303 e. The minimum atomic E-state index is -0.829. The van der Waals surface area contributed by atoms with Crippen molar-refractivity contribution in [1.82, 2.24) is 4.90 Å². The lowest BCUT2D eigenvalue weighted by molar-refractivity contribution is -0.138. The van der Waals surface area contributed by atoms with E-state index in [1.165, 1.54) is 0 Å². The molecule has 0 aromatic heterocycles. The summed E-state index contributed by atoms with van der Waals surface area (Å²) < 4.78 is 0. The van der Waals surface area contributed by atoms with Crippen LogP contribution in [0.25, 0.3) is 0 Å². The molecule has 0 saturated carbocycles. The van der Waals surface area contributed by atoms with Gasteiger partial charge in [-0.2, -0.15) is 0 Å². The summed E-state index contributed by atoms with van der Waals surface area (Å²) in [5.41, 5.74) is 0. The van der Waals surface area contributed by atoms with Crippen molar-refractivity contribution in [2.75, 3.05) is 13.1 Å². The van der Waals surface area contributed by atoms with Crippen molar-refractivity contribution in [3.8, 4) is 0 Å². The monoisotopic (exact) mass is 213 g/mol. The van der Waals surface area contributed by atoms with Gasteiger partial charge in [-0.05, 0) is 18.3 Å². The number of amides is 1. The van der Waals surface area contributed by atoms with Crippen LogP contribution in [0, 0.1) is 11.8 Å². The van der Waals surface area contributed by atoms with Crippen molar-refractivity contribution in [1.29, 1.82) is 0 Å². The second-order valence-electron chi connectivity index (χ2n) is 4.64. The second kappa shape index (κ2) is 5.14. The molecule has 1 N–H and O–H groups in total. The molecule has 1 aliphatic heterocycles. The molecule has 15 heavy (non-hydrogen) atoms. The molecular formula is C11H19NO3. The highest BCUT2D eigenvalue weighted by atomic mass is 16.4. The van der Waals surface area contributed by atoms with Crippen LogP contribution < -0.4 is 0 Å². The highest BCUT2D eigenvalue weighted by Gasteiger charge is 2.24. The van der Waals surface area contributed by atoms with Crippen LogP contribution in [-0.2, 0) is 9.59 Å². The van der Waals surface area contributed by atoms with Crippen molar-refractivity contribution in [2.24, 2.45) is 11.8 Å². The van der Waals surface area contributed by atoms with E-state index < -0.39 is 5.97 Å². The van der Waals surface area contributed by atoms with Gasteiger partial charge in [-0.3, -0.25) is 9.59 Å². The first-order valence-corrected chi connectivity index (χ1v) is 5.48. The number of rotatable bonds is 4. The molecule has 0 spiro atoms. The van der Waals surface area contributed by atoms with E-state index in [1.54, 1.807) is 0 Å². The van der Waals surface area contributed by atoms with E-state index in [4.69, 9.17) is 5.11 Å². The van der Waals surface area contributed by atoms with Crippen molar-refractivity contribution >= 4 is 11.9 Å². The maximum atomic E-state index is 11.7. The van der Waals surface area contributed by atoms with E-state index in [0.29, 0.717) is 12.3 Å². The van der Waals surface area contributed by atoms with E-state index >= 15 is 0 Å². The normalized spacial score (nSPS) is 22.8. The molecule has 0 aliphatic carbocycles. The maximum absolute atomic E-state index is 11.7. The van der Waals surface area contributed by atoms with Crippen LogP contribution in [0.5, 0.6) is 0 Å². The lowest BCUT2D eigenvalue weighted by Crippen LogP contribution is -2.30. The SMILES string of the molecule is CC(CC(=O)O)CC(=O)N1CCC(C)C1. The smallest absolute Gasteiger partial charge is 0.303 e. The van der Waals surface area contributed by atoms with Gasteiger partial charge in [0.05, 0.1) is 0 Å². The van der Waals surface area contributed by atoms with Gasteiger partial charge in [-0.15, -0.1) is 0 Å². The third kappa shape index (κ3) is 3.90. The van der Waals surface area contributed by atoms with Gasteiger partial charge in [0.25, 0.3) is 0 Å². The fraction of sp³-hybridized carbons (Fsp3) is 0.818. The minimum absolute atomic E-state index is 0.0640. The number of hydrogen-bond acceptors (Lipinski definition) is 2. The van der Waals surface area contributed by atoms with E-state index in [9.17, 15) is 9.59 Å². The van der Waals surface area contributed by atoms with Gasteiger partial charge in [0.15, 0.2) is 0 Å². The number of aliphatic carboxylic acids is 1. The van der Waals surface area contributed by atoms with Gasteiger partial charge < -0.3 is 10.0 Å². The van der Waals surface area contributed by atoms with Crippen LogP contribution in [-0.4, -0.2) is 35.0 Å². The second-order valence-corrected chi connectivity index (χ2v) is 4.64. The zero-order valence-electron chi connectivity index (χ0n) is 9.40. The fourth-order valence-electron chi connectivity index (χ4n) is 1.96. The molecule has 0 radical (unpaired) electrons. The van der Waals surface area contributed by atoms with Gasteiger partial charge in [-0.25, -0.2) is 0 Å². The van der Waals surface area contributed by atoms with Crippen LogP contribution >= 0.6 is 0 Å². The highest BCUT2D eigenvalue weighted by molar-refractivity contribution is 5.77. The number of likely N-dealkylation sites (tertiary alicyclic amines) is 1. The molecule has 0 bridgehead atoms. The van der Waals surface area contributed by atoms with Crippen LogP contribution in [0.3, 0.4) is 0 Å². The third-order valence-corrected chi connectivity index (χ3v) is 2.82. The first-order valence-electron chi connectivity index (χ1n) is 5.48. The Morgan fingerprint density at radius 3 is 2.60 bits per heavy atom. The Morgan fingerprint density at radius 1 is 1.47 bits per heavy atom. The van der Waals surface area contributed by atoms with Gasteiger partial charge in [-0.1, -0.05) is 13.8 Å². The lowest BCUT2D eigenvalue weighted by atomic mass is 10.0. The fourth-order valence-corrected chi connectivity index (χ4v) is 1.96. The number of carbonyl (C=O) groups is 2. The largest absolute Gasteiger partial charge is 0.481 e. The number of carboxylic acid groups (broad SMARTS) is 1. The van der Waals surface area contributed by atoms with Crippen molar-refractivity contribution in [2.45, 2.75) is 33.1 Å². The zero-order valence-corrected chi connectivity index (χ0v) is 9.40. The Labute approximate surface area is 90.3 Å². The number of carboxylic acids is 1. The Hall–Kier alpha value is -1.06. The molecule has 1 saturated heterocycles. The summed E-state index contributed by atoms with van der Waals surface area (Å²) in [5, 5.41) is 8.58. The standard InChI is InChI=1S/C11H19NO3/c1-8-3-4-12(7-8)10(13)5-9(2)6-11(14)15/h8-9H,3-7H2,1-2H3,(H,14,15). The van der Waals surface area contributed by atoms with Crippen molar-refractivity contribution < 1.29 is 14.7 Å². The first-order chi connectivity index (χ1) is 6.99. The van der Waals surface area contributed by atoms with Crippen LogP contribution in [0.4, 0.5) is 0 Å². The average molecular weight is 213 g/mol. The van der Waals surface area contributed by atoms with Gasteiger partial charge >= 0.3 is 5.97 Å². The van der Waals surface area contributed by atoms with E-state index in [0.717, 1.165) is 19.5 Å². The zero-order chi connectivity index (χ0) is 11.4. The quantitative estimate of drug-likeness (QED) is 0.767. The van der Waals surface area contributed by atoms with Crippen LogP contribution in [0.2, 0.25) is 0 Å². The molecule has 1 rings (SSSR count). The number of carbonyl (C=O) groups excluding carboxylic acids is 1. The van der Waals surface area contributed by atoms with Crippen LogP contribution in [0.15, 0.2) is 0 Å². The summed E-state index contributed by atoms with van der Waals surface area (Å²) in [6, 6.07) is 0. The molecule has 1 fully saturated rings. The molecule has 1 heterocycles. The summed E-state index contributed by atoms with van der Waals surface area (Å²) in [7, 11) is 0. The Kier molecular flexibility index (Phi) is 4.12. The molecule has 0 aromatic rings. The summed E-state index contributed by atoms with van der Waals surface area (Å²) in [4.78, 5) is 24.0. The summed E-state index contributed by atoms with van der Waals surface area (Å²) in [6.45, 7) is 5.61. The molecule has 1 aliphatic rings. The van der Waals surface area contributed by atoms with Gasteiger partial charge in [0.2, 0.25) is 5.91 Å². The summed E-state index contributed by atoms with van der Waals surface area (Å²) in [5.74, 6) is -0.201. The molecule has 4 heteroatoms. The Balaban J connectivity index is 2.32. The van der Waals surface area contributed by atoms with Crippen molar-refractivity contribution in [3.05, 3.63) is 0 Å². The first kappa shape index (κ1) is 12.0. The predicted molar refractivity (Wildman–Crippen MR) is 56.4 cm³/mol. The van der Waals surface area contributed by atoms with E-state index in [-0.39, 0.29) is 18.2 Å². The number of nitrogens with zero attached hydrogens (tertiary/aromatic N) is 1. The molecule has 2 unspecified atom stereocenters. The van der Waals surface area contributed by atoms with Gasteiger partial charge in [0.1, 0.15) is 0 Å². The topological polar surface area (TPSA) is 57.6 Å². The van der Waals surface area contributed by atoms with Crippen molar-refractivity contribution in [3.63, 3.8) is 0 Å². The molecule has 0 aromatic carbocycles. The summed E-state index contributed by atoms with van der Waals surface area (Å²) in [6.07, 6.45) is 1.51. The number of hydrogen-bond donors (Lipinski definition) is 1. The minimum Gasteiger partial charge on any atom is -0.481 e. The van der Waals surface area contributed by atoms with Crippen LogP contribution in [0.1, 0.15) is 33.1 Å². The highest BCUT2D eigenvalue weighted by Crippen LogP contribution is 2.18. The lowest BCUT2D eigenvalue weighted by Gasteiger charge is -2.17. The third-order valence-electron chi connectivity index (χ3n) is 2.82. The molecule has 4 nitrogen and oxygen atoms in total. The van der Waals surface area contributed by atoms with E-state index in [1.807, 2.05) is 11.8 Å². The predicted octanol–water partition coefficient (Wildman–Crippen LogP) is 1.36. The molecule has 1 amide bonds. The molecule has 86 valence electrons. The van der Waals surface area contributed by atoms with E-state index in [2.05, 4.69) is 6.92 Å². The Morgan fingerprint density at radius 2 is 2.13 bits per heavy atom. The average Bonchev–Trinajstić information content (AvgIpc) is 2.49. The Bertz CT molecular complexity index is 252. The molecule has 2 atom stereocenters.